The second-order valence-electron chi connectivity index (χ2n) is 4.95. The smallest absolute Gasteiger partial charge is 0.186 e. The normalized spacial score (nSPS) is 22.1. The van der Waals surface area contributed by atoms with Crippen molar-refractivity contribution in [2.45, 2.75) is 18.6 Å². The second-order valence-corrected chi connectivity index (χ2v) is 4.95. The molecule has 3 rings (SSSR count). The third-order valence-corrected chi connectivity index (χ3v) is 3.64. The first-order chi connectivity index (χ1) is 9.10. The van der Waals surface area contributed by atoms with Gasteiger partial charge < -0.3 is 20.1 Å². The van der Waals surface area contributed by atoms with Crippen molar-refractivity contribution in [2.75, 3.05) is 36.9 Å². The van der Waals surface area contributed by atoms with Crippen LogP contribution in [0.2, 0.25) is 0 Å². The molecule has 1 aromatic carbocycles. The van der Waals surface area contributed by atoms with E-state index in [1.807, 2.05) is 4.90 Å². The predicted molar refractivity (Wildman–Crippen MR) is 66.9 cm³/mol. The summed E-state index contributed by atoms with van der Waals surface area (Å²) in [6.07, 6.45) is 1.62. The minimum Gasteiger partial charge on any atom is -0.395 e. The van der Waals surface area contributed by atoms with Gasteiger partial charge in [-0.1, -0.05) is 0 Å². The molecule has 2 aliphatic rings. The third-order valence-electron chi connectivity index (χ3n) is 3.64. The van der Waals surface area contributed by atoms with Crippen molar-refractivity contribution in [1.29, 1.82) is 0 Å². The van der Waals surface area contributed by atoms with Gasteiger partial charge in [0.15, 0.2) is 11.6 Å². The maximum absolute atomic E-state index is 13.5. The Morgan fingerprint density at radius 2 is 1.95 bits per heavy atom. The Morgan fingerprint density at radius 3 is 2.68 bits per heavy atom. The summed E-state index contributed by atoms with van der Waals surface area (Å²) >= 11 is 0. The molecular formula is C13H16F2N2O2. The number of piperidine rings is 1. The zero-order valence-electron chi connectivity index (χ0n) is 10.5. The van der Waals surface area contributed by atoms with Gasteiger partial charge in [0.05, 0.1) is 31.1 Å². The highest BCUT2D eigenvalue weighted by molar-refractivity contribution is 5.68. The third kappa shape index (κ3) is 2.26. The highest BCUT2D eigenvalue weighted by Crippen LogP contribution is 2.35. The van der Waals surface area contributed by atoms with E-state index in [4.69, 9.17) is 15.2 Å². The van der Waals surface area contributed by atoms with E-state index >= 15 is 0 Å². The number of nitrogens with two attached hydrogens (primary N) is 1. The average Bonchev–Trinajstić information content (AvgIpc) is 2.82. The molecule has 2 aliphatic heterocycles. The van der Waals surface area contributed by atoms with Crippen LogP contribution in [0.1, 0.15) is 12.8 Å². The summed E-state index contributed by atoms with van der Waals surface area (Å²) in [6, 6.07) is 2.05. The van der Waals surface area contributed by atoms with Gasteiger partial charge in [0.2, 0.25) is 0 Å². The SMILES string of the molecule is Nc1c(F)cc(F)cc1N1CCCC2(C1)OCCO2. The molecule has 2 N–H and O–H groups in total. The molecule has 0 radical (unpaired) electrons. The summed E-state index contributed by atoms with van der Waals surface area (Å²) in [5.74, 6) is -2.01. The molecule has 0 bridgehead atoms. The van der Waals surface area contributed by atoms with Crippen molar-refractivity contribution in [3.05, 3.63) is 23.8 Å². The first-order valence-electron chi connectivity index (χ1n) is 6.37. The molecule has 1 aromatic rings. The Labute approximate surface area is 110 Å². The Balaban J connectivity index is 1.89. The number of halogens is 2. The fourth-order valence-electron chi connectivity index (χ4n) is 2.76. The zero-order valence-corrected chi connectivity index (χ0v) is 10.5. The van der Waals surface area contributed by atoms with Crippen LogP contribution in [0.5, 0.6) is 0 Å². The van der Waals surface area contributed by atoms with Gasteiger partial charge >= 0.3 is 0 Å². The second kappa shape index (κ2) is 4.61. The Morgan fingerprint density at radius 1 is 1.21 bits per heavy atom. The van der Waals surface area contributed by atoms with Crippen LogP contribution in [0, 0.1) is 11.6 Å². The van der Waals surface area contributed by atoms with Crippen LogP contribution < -0.4 is 10.6 Å². The van der Waals surface area contributed by atoms with E-state index < -0.39 is 17.4 Å². The minimum absolute atomic E-state index is 0.0311. The van der Waals surface area contributed by atoms with Gasteiger partial charge in [-0.15, -0.1) is 0 Å². The Bertz CT molecular complexity index is 490. The summed E-state index contributed by atoms with van der Waals surface area (Å²) in [4.78, 5) is 1.83. The molecule has 0 amide bonds. The predicted octanol–water partition coefficient (Wildman–Crippen LogP) is 1.89. The van der Waals surface area contributed by atoms with E-state index in [0.717, 1.165) is 18.9 Å². The molecule has 2 heterocycles. The molecule has 0 aromatic heterocycles. The van der Waals surface area contributed by atoms with E-state index in [1.165, 1.54) is 6.07 Å². The lowest BCUT2D eigenvalue weighted by molar-refractivity contribution is -0.161. The highest BCUT2D eigenvalue weighted by Gasteiger charge is 2.41. The van der Waals surface area contributed by atoms with Crippen molar-refractivity contribution < 1.29 is 18.3 Å². The summed E-state index contributed by atoms with van der Waals surface area (Å²) in [7, 11) is 0. The molecule has 1 spiro atoms. The van der Waals surface area contributed by atoms with E-state index in [-0.39, 0.29) is 5.69 Å². The quantitative estimate of drug-likeness (QED) is 0.792. The molecule has 0 aliphatic carbocycles. The van der Waals surface area contributed by atoms with Gasteiger partial charge in [-0.2, -0.15) is 0 Å². The number of nitrogens with zero attached hydrogens (tertiary/aromatic N) is 1. The minimum atomic E-state index is -0.733. The van der Waals surface area contributed by atoms with Gasteiger partial charge in [0, 0.05) is 19.0 Å². The van der Waals surface area contributed by atoms with Crippen molar-refractivity contribution >= 4 is 11.4 Å². The van der Waals surface area contributed by atoms with Crippen molar-refractivity contribution in [3.63, 3.8) is 0 Å². The lowest BCUT2D eigenvalue weighted by Gasteiger charge is -2.40. The monoisotopic (exact) mass is 270 g/mol. The van der Waals surface area contributed by atoms with Gasteiger partial charge in [-0.25, -0.2) is 8.78 Å². The number of rotatable bonds is 1. The van der Waals surface area contributed by atoms with Gasteiger partial charge in [0.1, 0.15) is 5.82 Å². The molecule has 2 saturated heterocycles. The highest BCUT2D eigenvalue weighted by atomic mass is 19.1. The maximum Gasteiger partial charge on any atom is 0.186 e. The largest absolute Gasteiger partial charge is 0.395 e. The van der Waals surface area contributed by atoms with Crippen LogP contribution in [-0.4, -0.2) is 32.1 Å². The number of benzene rings is 1. The molecule has 0 atom stereocenters. The van der Waals surface area contributed by atoms with Crippen LogP contribution >= 0.6 is 0 Å². The molecule has 104 valence electrons. The molecule has 19 heavy (non-hydrogen) atoms. The van der Waals surface area contributed by atoms with Crippen LogP contribution in [0.4, 0.5) is 20.2 Å². The van der Waals surface area contributed by atoms with E-state index in [9.17, 15) is 8.78 Å². The molecule has 0 saturated carbocycles. The summed E-state index contributed by atoms with van der Waals surface area (Å²) in [5.41, 5.74) is 6.04. The van der Waals surface area contributed by atoms with E-state index in [0.29, 0.717) is 32.0 Å². The first-order valence-corrected chi connectivity index (χ1v) is 6.37. The van der Waals surface area contributed by atoms with Crippen molar-refractivity contribution in [2.24, 2.45) is 0 Å². The van der Waals surface area contributed by atoms with Gasteiger partial charge in [-0.05, 0) is 12.5 Å². The Kier molecular flexibility index (Phi) is 3.06. The fourth-order valence-corrected chi connectivity index (χ4v) is 2.76. The lowest BCUT2D eigenvalue weighted by Crippen LogP contribution is -2.49. The number of anilines is 2. The summed E-state index contributed by atoms with van der Waals surface area (Å²) < 4.78 is 38.1. The first kappa shape index (κ1) is 12.6. The van der Waals surface area contributed by atoms with Crippen molar-refractivity contribution in [3.8, 4) is 0 Å². The molecule has 0 unspecified atom stereocenters. The summed E-state index contributed by atoms with van der Waals surface area (Å²) in [5, 5.41) is 0. The number of ether oxygens (including phenoxy) is 2. The number of hydrogen-bond donors (Lipinski definition) is 1. The standard InChI is InChI=1S/C13H16F2N2O2/c14-9-6-10(15)12(16)11(7-9)17-3-1-2-13(8-17)18-4-5-19-13/h6-7H,1-5,8,16H2. The zero-order chi connectivity index (χ0) is 13.5. The van der Waals surface area contributed by atoms with E-state index in [1.54, 1.807) is 0 Å². The maximum atomic E-state index is 13.5. The molecule has 6 heteroatoms. The van der Waals surface area contributed by atoms with Gasteiger partial charge in [0.25, 0.3) is 0 Å². The van der Waals surface area contributed by atoms with Crippen LogP contribution in [0.25, 0.3) is 0 Å². The molecule has 4 nitrogen and oxygen atoms in total. The van der Waals surface area contributed by atoms with Crippen LogP contribution in [0.3, 0.4) is 0 Å². The lowest BCUT2D eigenvalue weighted by atomic mass is 10.0. The average molecular weight is 270 g/mol. The van der Waals surface area contributed by atoms with Crippen LogP contribution in [-0.2, 0) is 9.47 Å². The van der Waals surface area contributed by atoms with Crippen molar-refractivity contribution in [1.82, 2.24) is 0 Å². The van der Waals surface area contributed by atoms with Gasteiger partial charge in [-0.3, -0.25) is 0 Å². The van der Waals surface area contributed by atoms with Crippen LogP contribution in [0.15, 0.2) is 12.1 Å². The fraction of sp³-hybridized carbons (Fsp3) is 0.538. The molecule has 2 fully saturated rings. The molecular weight excluding hydrogens is 254 g/mol. The van der Waals surface area contributed by atoms with E-state index in [2.05, 4.69) is 0 Å². The topological polar surface area (TPSA) is 47.7 Å². The number of nitrogen functional groups attached to an aromatic ring is 1. The summed E-state index contributed by atoms with van der Waals surface area (Å²) in [6.45, 7) is 2.24. The Hall–Kier alpha value is -1.40. The number of hydrogen-bond acceptors (Lipinski definition) is 4.